The Hall–Kier alpha value is -2.96. The summed E-state index contributed by atoms with van der Waals surface area (Å²) in [5, 5.41) is 3.79. The molecular weight excluding hydrogens is 425 g/mol. The van der Waals surface area contributed by atoms with Crippen LogP contribution in [0, 0.1) is 13.8 Å². The van der Waals surface area contributed by atoms with Crippen molar-refractivity contribution in [2.24, 2.45) is 0 Å². The molecule has 0 atom stereocenters. The molecule has 0 aliphatic heterocycles. The first-order chi connectivity index (χ1) is 14.3. The smallest absolute Gasteiger partial charge is 0.338 e. The topological polar surface area (TPSA) is 81.2 Å². The number of anilines is 1. The fourth-order valence-electron chi connectivity index (χ4n) is 2.97. The maximum absolute atomic E-state index is 12.8. The SMILES string of the molecule is CCOC(=O)c1cc(C)c(NC(=O)c2nccc(-c3cc(Cl)ccc3Cl)n2)c(C)c1. The third-order valence-corrected chi connectivity index (χ3v) is 4.91. The van der Waals surface area contributed by atoms with E-state index in [-0.39, 0.29) is 5.82 Å². The van der Waals surface area contributed by atoms with E-state index in [1.807, 2.05) is 0 Å². The van der Waals surface area contributed by atoms with Gasteiger partial charge in [0.15, 0.2) is 0 Å². The molecule has 1 amide bonds. The molecule has 1 aromatic heterocycles. The molecule has 154 valence electrons. The average Bonchev–Trinajstić information content (AvgIpc) is 2.72. The number of carbonyl (C=O) groups excluding carboxylic acids is 2. The number of esters is 1. The van der Waals surface area contributed by atoms with Gasteiger partial charge >= 0.3 is 5.97 Å². The summed E-state index contributed by atoms with van der Waals surface area (Å²) in [5.74, 6) is -0.905. The number of hydrogen-bond acceptors (Lipinski definition) is 5. The molecule has 0 saturated heterocycles. The third kappa shape index (κ3) is 4.78. The van der Waals surface area contributed by atoms with E-state index >= 15 is 0 Å². The van der Waals surface area contributed by atoms with Gasteiger partial charge in [-0.3, -0.25) is 4.79 Å². The summed E-state index contributed by atoms with van der Waals surface area (Å²) >= 11 is 12.3. The van der Waals surface area contributed by atoms with Crippen molar-refractivity contribution in [3.63, 3.8) is 0 Å². The van der Waals surface area contributed by atoms with E-state index < -0.39 is 11.9 Å². The lowest BCUT2D eigenvalue weighted by molar-refractivity contribution is 0.0526. The number of hydrogen-bond donors (Lipinski definition) is 1. The van der Waals surface area contributed by atoms with Gasteiger partial charge in [0.2, 0.25) is 5.82 Å². The molecule has 0 radical (unpaired) electrons. The molecule has 1 N–H and O–H groups in total. The lowest BCUT2D eigenvalue weighted by Gasteiger charge is -2.13. The van der Waals surface area contributed by atoms with Gasteiger partial charge in [0.1, 0.15) is 0 Å². The second-order valence-electron chi connectivity index (χ2n) is 6.55. The second-order valence-corrected chi connectivity index (χ2v) is 7.39. The molecule has 3 rings (SSSR count). The van der Waals surface area contributed by atoms with Crippen LogP contribution in [0.3, 0.4) is 0 Å². The van der Waals surface area contributed by atoms with Crippen LogP contribution in [0.4, 0.5) is 5.69 Å². The fourth-order valence-corrected chi connectivity index (χ4v) is 3.36. The molecule has 0 bridgehead atoms. The highest BCUT2D eigenvalue weighted by Crippen LogP contribution is 2.29. The van der Waals surface area contributed by atoms with E-state index in [0.717, 1.165) is 11.1 Å². The maximum Gasteiger partial charge on any atom is 0.338 e. The number of carbonyl (C=O) groups is 2. The van der Waals surface area contributed by atoms with Gasteiger partial charge < -0.3 is 10.1 Å². The van der Waals surface area contributed by atoms with Gasteiger partial charge in [-0.2, -0.15) is 0 Å². The minimum absolute atomic E-state index is 0.0168. The zero-order valence-corrected chi connectivity index (χ0v) is 18.1. The van der Waals surface area contributed by atoms with Crippen LogP contribution < -0.4 is 5.32 Å². The van der Waals surface area contributed by atoms with Crippen LogP contribution in [0.5, 0.6) is 0 Å². The van der Waals surface area contributed by atoms with Crippen LogP contribution in [0.15, 0.2) is 42.6 Å². The Bertz CT molecular complexity index is 1110. The van der Waals surface area contributed by atoms with Crippen molar-refractivity contribution < 1.29 is 14.3 Å². The molecule has 6 nitrogen and oxygen atoms in total. The van der Waals surface area contributed by atoms with Crippen LogP contribution in [-0.4, -0.2) is 28.5 Å². The molecule has 0 unspecified atom stereocenters. The molecule has 0 saturated carbocycles. The predicted molar refractivity (Wildman–Crippen MR) is 117 cm³/mol. The Balaban J connectivity index is 1.88. The first-order valence-electron chi connectivity index (χ1n) is 9.18. The zero-order chi connectivity index (χ0) is 21.8. The normalized spacial score (nSPS) is 10.6. The standard InChI is InChI=1S/C22H19Cl2N3O3/c1-4-30-22(29)14-9-12(2)19(13(3)10-14)27-21(28)20-25-8-7-18(26-20)16-11-15(23)5-6-17(16)24/h5-11H,4H2,1-3H3,(H,27,28). The summed E-state index contributed by atoms with van der Waals surface area (Å²) in [6.07, 6.45) is 1.48. The van der Waals surface area contributed by atoms with Crippen molar-refractivity contribution in [2.75, 3.05) is 11.9 Å². The van der Waals surface area contributed by atoms with Crippen LogP contribution >= 0.6 is 23.2 Å². The molecule has 1 heterocycles. The van der Waals surface area contributed by atoms with Crippen LogP contribution in [0.25, 0.3) is 11.3 Å². The van der Waals surface area contributed by atoms with Gasteiger partial charge in [0.25, 0.3) is 5.91 Å². The molecule has 2 aromatic carbocycles. The number of aromatic nitrogens is 2. The number of nitrogens with zero attached hydrogens (tertiary/aromatic N) is 2. The van der Waals surface area contributed by atoms with Crippen molar-refractivity contribution in [1.29, 1.82) is 0 Å². The summed E-state index contributed by atoms with van der Waals surface area (Å²) < 4.78 is 5.03. The number of nitrogens with one attached hydrogen (secondary N) is 1. The largest absolute Gasteiger partial charge is 0.462 e. The number of amides is 1. The Morgan fingerprint density at radius 2 is 1.77 bits per heavy atom. The van der Waals surface area contributed by atoms with Gasteiger partial charge in [0, 0.05) is 22.5 Å². The highest BCUT2D eigenvalue weighted by atomic mass is 35.5. The first kappa shape index (κ1) is 21.7. The van der Waals surface area contributed by atoms with E-state index in [4.69, 9.17) is 27.9 Å². The average molecular weight is 444 g/mol. The zero-order valence-electron chi connectivity index (χ0n) is 16.6. The lowest BCUT2D eigenvalue weighted by Crippen LogP contribution is -2.18. The molecule has 8 heteroatoms. The number of ether oxygens (including phenoxy) is 1. The van der Waals surface area contributed by atoms with Crippen LogP contribution in [0.2, 0.25) is 10.0 Å². The summed E-state index contributed by atoms with van der Waals surface area (Å²) in [6, 6.07) is 10.0. The number of benzene rings is 2. The Labute approximate surface area is 184 Å². The quantitative estimate of drug-likeness (QED) is 0.526. The molecule has 0 fully saturated rings. The molecular formula is C22H19Cl2N3O3. The number of rotatable bonds is 5. The third-order valence-electron chi connectivity index (χ3n) is 4.35. The predicted octanol–water partition coefficient (Wildman–Crippen LogP) is 5.50. The van der Waals surface area contributed by atoms with E-state index in [1.165, 1.54) is 6.20 Å². The number of halogens is 2. The minimum Gasteiger partial charge on any atom is -0.462 e. The maximum atomic E-state index is 12.8. The molecule has 0 aliphatic rings. The summed E-state index contributed by atoms with van der Waals surface area (Å²) in [7, 11) is 0. The van der Waals surface area contributed by atoms with Gasteiger partial charge in [-0.05, 0) is 68.3 Å². The lowest BCUT2D eigenvalue weighted by atomic mass is 10.0. The second kappa shape index (κ2) is 9.24. The van der Waals surface area contributed by atoms with Crippen molar-refractivity contribution in [3.8, 4) is 11.3 Å². The summed E-state index contributed by atoms with van der Waals surface area (Å²) in [6.45, 7) is 5.64. The first-order valence-corrected chi connectivity index (χ1v) is 9.94. The molecule has 30 heavy (non-hydrogen) atoms. The van der Waals surface area contributed by atoms with Crippen molar-refractivity contribution in [3.05, 3.63) is 75.2 Å². The highest BCUT2D eigenvalue weighted by Gasteiger charge is 2.17. The fraction of sp³-hybridized carbons (Fsp3) is 0.182. The van der Waals surface area contributed by atoms with E-state index in [1.54, 1.807) is 57.2 Å². The summed E-state index contributed by atoms with van der Waals surface area (Å²) in [4.78, 5) is 33.2. The summed E-state index contributed by atoms with van der Waals surface area (Å²) in [5.41, 5.74) is 3.54. The monoisotopic (exact) mass is 443 g/mol. The van der Waals surface area contributed by atoms with Crippen LogP contribution in [-0.2, 0) is 4.74 Å². The number of aryl methyl sites for hydroxylation is 2. The van der Waals surface area contributed by atoms with E-state index in [9.17, 15) is 9.59 Å². The van der Waals surface area contributed by atoms with Gasteiger partial charge in [-0.15, -0.1) is 0 Å². The van der Waals surface area contributed by atoms with Gasteiger partial charge in [0.05, 0.1) is 22.9 Å². The molecule has 0 spiro atoms. The van der Waals surface area contributed by atoms with E-state index in [0.29, 0.717) is 39.2 Å². The Kier molecular flexibility index (Phi) is 6.70. The van der Waals surface area contributed by atoms with Crippen LogP contribution in [0.1, 0.15) is 39.0 Å². The Morgan fingerprint density at radius 1 is 1.07 bits per heavy atom. The van der Waals surface area contributed by atoms with Gasteiger partial charge in [-0.1, -0.05) is 23.2 Å². The van der Waals surface area contributed by atoms with Gasteiger partial charge in [-0.25, -0.2) is 14.8 Å². The van der Waals surface area contributed by atoms with Crippen molar-refractivity contribution >= 4 is 40.8 Å². The Morgan fingerprint density at radius 3 is 2.43 bits per heavy atom. The molecule has 0 aliphatic carbocycles. The molecule has 3 aromatic rings. The highest BCUT2D eigenvalue weighted by molar-refractivity contribution is 6.35. The van der Waals surface area contributed by atoms with Crippen molar-refractivity contribution in [2.45, 2.75) is 20.8 Å². The minimum atomic E-state index is -0.481. The van der Waals surface area contributed by atoms with Crippen molar-refractivity contribution in [1.82, 2.24) is 9.97 Å². The van der Waals surface area contributed by atoms with E-state index in [2.05, 4.69) is 15.3 Å².